The van der Waals surface area contributed by atoms with Gasteiger partial charge >= 0.3 is 0 Å². The monoisotopic (exact) mass is 676 g/mol. The van der Waals surface area contributed by atoms with Crippen molar-refractivity contribution in [1.29, 1.82) is 0 Å². The maximum Gasteiger partial charge on any atom is 0.272 e. The van der Waals surface area contributed by atoms with Crippen LogP contribution >= 0.6 is 46.3 Å². The number of rotatable bonds is 10. The normalized spacial score (nSPS) is 11.1. The highest BCUT2D eigenvalue weighted by atomic mass is 35.5. The lowest BCUT2D eigenvalue weighted by Gasteiger charge is -2.13. The number of anilines is 2. The molecule has 0 aliphatic rings. The molecule has 12 heteroatoms. The minimum absolute atomic E-state index is 0.0489. The lowest BCUT2D eigenvalue weighted by Crippen LogP contribution is -2.30. The van der Waals surface area contributed by atoms with Gasteiger partial charge in [0.2, 0.25) is 5.91 Å². The predicted octanol–water partition coefficient (Wildman–Crippen LogP) is 8.40. The Morgan fingerprint density at radius 2 is 1.60 bits per heavy atom. The molecule has 45 heavy (non-hydrogen) atoms. The van der Waals surface area contributed by atoms with Gasteiger partial charge in [0.1, 0.15) is 11.5 Å². The Balaban J connectivity index is 1.25. The smallest absolute Gasteiger partial charge is 0.272 e. The highest BCUT2D eigenvalue weighted by Crippen LogP contribution is 2.30. The SMILES string of the molecule is O=C(CSc1cccc(NC(=O)/C(=C\c2c(F)cccc2Cl)NC(=O)c2ccccc2)c1)Nc1nc(-c2ccccc2Cl)cs1. The summed E-state index contributed by atoms with van der Waals surface area (Å²) in [6, 6.07) is 26.6. The Labute approximate surface area is 276 Å². The number of amides is 3. The number of halogens is 3. The third-order valence-corrected chi connectivity index (χ3v) is 8.59. The highest BCUT2D eigenvalue weighted by Gasteiger charge is 2.18. The van der Waals surface area contributed by atoms with E-state index in [1.165, 1.54) is 47.4 Å². The van der Waals surface area contributed by atoms with E-state index in [0.717, 1.165) is 5.56 Å². The summed E-state index contributed by atoms with van der Waals surface area (Å²) >= 11 is 15.0. The Morgan fingerprint density at radius 1 is 0.867 bits per heavy atom. The number of carbonyl (C=O) groups excluding carboxylic acids is 3. The number of hydrogen-bond donors (Lipinski definition) is 3. The Morgan fingerprint density at radius 3 is 2.38 bits per heavy atom. The van der Waals surface area contributed by atoms with E-state index < -0.39 is 17.6 Å². The fourth-order valence-corrected chi connectivity index (χ4v) is 5.96. The van der Waals surface area contributed by atoms with Crippen molar-refractivity contribution < 1.29 is 18.8 Å². The number of thiazole rings is 1. The standard InChI is InChI=1S/C33H23Cl2FN4O3S2/c34-25-13-5-4-12-23(25)29-18-45-33(39-29)40-30(41)19-44-22-11-6-10-21(16-22)37-32(43)28(17-24-26(35)14-7-15-27(24)36)38-31(42)20-8-2-1-3-9-20/h1-18H,19H2,(H,37,43)(H,38,42)(H,39,40,41)/b28-17+. The van der Waals surface area contributed by atoms with Crippen molar-refractivity contribution in [2.24, 2.45) is 0 Å². The Bertz CT molecular complexity index is 1880. The van der Waals surface area contributed by atoms with Crippen LogP contribution in [-0.2, 0) is 9.59 Å². The number of thioether (sulfide) groups is 1. The zero-order valence-electron chi connectivity index (χ0n) is 23.2. The van der Waals surface area contributed by atoms with E-state index in [1.807, 2.05) is 23.6 Å². The molecule has 0 spiro atoms. The second-order valence-corrected chi connectivity index (χ2v) is 12.1. The number of aromatic nitrogens is 1. The molecule has 5 aromatic rings. The van der Waals surface area contributed by atoms with Gasteiger partial charge in [-0.3, -0.25) is 14.4 Å². The molecule has 0 fully saturated rings. The molecule has 0 radical (unpaired) electrons. The van der Waals surface area contributed by atoms with E-state index in [1.54, 1.807) is 60.7 Å². The molecular formula is C33H23Cl2FN4O3S2. The van der Waals surface area contributed by atoms with Crippen molar-refractivity contribution in [1.82, 2.24) is 10.3 Å². The van der Waals surface area contributed by atoms with Gasteiger partial charge in [0, 0.05) is 37.7 Å². The molecule has 3 amide bonds. The van der Waals surface area contributed by atoms with Gasteiger partial charge in [0.05, 0.1) is 16.5 Å². The highest BCUT2D eigenvalue weighted by molar-refractivity contribution is 8.00. The van der Waals surface area contributed by atoms with Crippen LogP contribution in [-0.4, -0.2) is 28.5 Å². The second kappa shape index (κ2) is 15.0. The molecular weight excluding hydrogens is 654 g/mol. The molecule has 0 atom stereocenters. The van der Waals surface area contributed by atoms with Gasteiger partial charge in [-0.2, -0.15) is 0 Å². The van der Waals surface area contributed by atoms with E-state index in [0.29, 0.717) is 32.0 Å². The molecule has 0 aliphatic carbocycles. The first kappa shape index (κ1) is 31.9. The van der Waals surface area contributed by atoms with Crippen LogP contribution in [0, 0.1) is 5.82 Å². The van der Waals surface area contributed by atoms with Crippen molar-refractivity contribution in [3.8, 4) is 11.3 Å². The van der Waals surface area contributed by atoms with E-state index in [9.17, 15) is 18.8 Å². The van der Waals surface area contributed by atoms with Crippen LogP contribution < -0.4 is 16.0 Å². The Kier molecular flexibility index (Phi) is 10.6. The molecule has 3 N–H and O–H groups in total. The van der Waals surface area contributed by atoms with Crippen LogP contribution in [0.4, 0.5) is 15.2 Å². The van der Waals surface area contributed by atoms with Crippen LogP contribution in [0.3, 0.4) is 0 Å². The van der Waals surface area contributed by atoms with E-state index in [-0.39, 0.29) is 27.9 Å². The zero-order chi connectivity index (χ0) is 31.8. The molecule has 1 aromatic heterocycles. The summed E-state index contributed by atoms with van der Waals surface area (Å²) in [4.78, 5) is 44.1. The fraction of sp³-hybridized carbons (Fsp3) is 0.0303. The summed E-state index contributed by atoms with van der Waals surface area (Å²) in [5, 5.41) is 11.0. The molecule has 4 aromatic carbocycles. The number of nitrogens with one attached hydrogen (secondary N) is 3. The largest absolute Gasteiger partial charge is 0.321 e. The first-order chi connectivity index (χ1) is 21.8. The van der Waals surface area contributed by atoms with Crippen LogP contribution in [0.1, 0.15) is 15.9 Å². The van der Waals surface area contributed by atoms with Gasteiger partial charge in [0.25, 0.3) is 11.8 Å². The third-order valence-electron chi connectivity index (χ3n) is 6.18. The molecule has 0 aliphatic heterocycles. The average molecular weight is 678 g/mol. The third kappa shape index (κ3) is 8.58. The predicted molar refractivity (Wildman–Crippen MR) is 180 cm³/mol. The molecule has 7 nitrogen and oxygen atoms in total. The van der Waals surface area contributed by atoms with Gasteiger partial charge in [0.15, 0.2) is 5.13 Å². The minimum Gasteiger partial charge on any atom is -0.321 e. The summed E-state index contributed by atoms with van der Waals surface area (Å²) in [6.45, 7) is 0. The molecule has 0 saturated carbocycles. The molecule has 0 bridgehead atoms. The molecule has 1 heterocycles. The van der Waals surface area contributed by atoms with Crippen LogP contribution in [0.15, 0.2) is 113 Å². The van der Waals surface area contributed by atoms with E-state index in [4.69, 9.17) is 23.2 Å². The van der Waals surface area contributed by atoms with Crippen LogP contribution in [0.2, 0.25) is 10.0 Å². The minimum atomic E-state index is -0.698. The summed E-state index contributed by atoms with van der Waals surface area (Å²) < 4.78 is 14.6. The summed E-state index contributed by atoms with van der Waals surface area (Å²) in [7, 11) is 0. The number of carbonyl (C=O) groups is 3. The van der Waals surface area contributed by atoms with Crippen molar-refractivity contribution in [2.75, 3.05) is 16.4 Å². The van der Waals surface area contributed by atoms with Gasteiger partial charge in [-0.15, -0.1) is 23.1 Å². The van der Waals surface area contributed by atoms with Gasteiger partial charge in [-0.05, 0) is 54.6 Å². The second-order valence-electron chi connectivity index (χ2n) is 9.35. The van der Waals surface area contributed by atoms with Crippen molar-refractivity contribution >= 4 is 80.9 Å². The van der Waals surface area contributed by atoms with E-state index >= 15 is 0 Å². The summed E-state index contributed by atoms with van der Waals surface area (Å²) in [5.74, 6) is -2.08. The Hall–Kier alpha value is -4.48. The first-order valence-electron chi connectivity index (χ1n) is 13.3. The molecule has 5 rings (SSSR count). The number of nitrogens with zero attached hydrogens (tertiary/aromatic N) is 1. The fourth-order valence-electron chi connectivity index (χ4n) is 4.03. The topological polar surface area (TPSA) is 100 Å². The van der Waals surface area contributed by atoms with Crippen molar-refractivity contribution in [2.45, 2.75) is 4.90 Å². The number of benzene rings is 4. The average Bonchev–Trinajstić information content (AvgIpc) is 3.50. The van der Waals surface area contributed by atoms with Gasteiger partial charge in [-0.1, -0.05) is 71.7 Å². The van der Waals surface area contributed by atoms with Crippen LogP contribution in [0.25, 0.3) is 17.3 Å². The first-order valence-corrected chi connectivity index (χ1v) is 16.0. The molecule has 0 saturated heterocycles. The molecule has 226 valence electrons. The summed E-state index contributed by atoms with van der Waals surface area (Å²) in [5.41, 5.74) is 1.89. The van der Waals surface area contributed by atoms with Gasteiger partial charge in [-0.25, -0.2) is 9.37 Å². The van der Waals surface area contributed by atoms with Crippen molar-refractivity contribution in [3.63, 3.8) is 0 Å². The number of hydrogen-bond acceptors (Lipinski definition) is 6. The summed E-state index contributed by atoms with van der Waals surface area (Å²) in [6.07, 6.45) is 1.19. The maximum atomic E-state index is 14.6. The van der Waals surface area contributed by atoms with Crippen LogP contribution in [0.5, 0.6) is 0 Å². The van der Waals surface area contributed by atoms with Gasteiger partial charge < -0.3 is 16.0 Å². The quantitative estimate of drug-likeness (QED) is 0.102. The zero-order valence-corrected chi connectivity index (χ0v) is 26.4. The molecule has 0 unspecified atom stereocenters. The van der Waals surface area contributed by atoms with Crippen molar-refractivity contribution in [3.05, 3.63) is 135 Å². The van der Waals surface area contributed by atoms with E-state index in [2.05, 4.69) is 20.9 Å². The lowest BCUT2D eigenvalue weighted by atomic mass is 10.1. The maximum absolute atomic E-state index is 14.6. The lowest BCUT2D eigenvalue weighted by molar-refractivity contribution is -0.114.